The number of pyridine rings is 1. The van der Waals surface area contributed by atoms with Crippen molar-refractivity contribution in [2.45, 2.75) is 43.5 Å². The minimum atomic E-state index is -3.04. The Morgan fingerprint density at radius 3 is 2.60 bits per heavy atom. The molecule has 2 heterocycles. The van der Waals surface area contributed by atoms with Gasteiger partial charge >= 0.3 is 0 Å². The summed E-state index contributed by atoms with van der Waals surface area (Å²) in [5, 5.41) is -0.115. The molecule has 1 aliphatic heterocycles. The molecule has 5 nitrogen and oxygen atoms in total. The van der Waals surface area contributed by atoms with Gasteiger partial charge in [0.1, 0.15) is 0 Å². The molecule has 1 saturated carbocycles. The summed E-state index contributed by atoms with van der Waals surface area (Å²) < 4.78 is 26.7. The molecular weight excluding hydrogens is 274 g/mol. The number of hydrogen-bond donors (Lipinski definition) is 1. The van der Waals surface area contributed by atoms with Gasteiger partial charge in [-0.1, -0.05) is 6.07 Å². The number of nitrogens with zero attached hydrogens (tertiary/aromatic N) is 2. The molecule has 0 bridgehead atoms. The van der Waals surface area contributed by atoms with Crippen molar-refractivity contribution in [2.75, 3.05) is 13.1 Å². The summed E-state index contributed by atoms with van der Waals surface area (Å²) in [6.45, 7) is 2.77. The van der Waals surface area contributed by atoms with Crippen LogP contribution in [0.2, 0.25) is 0 Å². The van der Waals surface area contributed by atoms with Crippen LogP contribution in [0.5, 0.6) is 0 Å². The molecule has 3 rings (SSSR count). The molecule has 2 fully saturated rings. The maximum atomic E-state index is 11.9. The van der Waals surface area contributed by atoms with Crippen molar-refractivity contribution in [3.05, 3.63) is 30.1 Å². The first-order valence-electron chi connectivity index (χ1n) is 7.26. The Morgan fingerprint density at radius 2 is 2.00 bits per heavy atom. The zero-order chi connectivity index (χ0) is 14.0. The molecule has 0 amide bonds. The number of likely N-dealkylation sites (tertiary alicyclic amines) is 1. The van der Waals surface area contributed by atoms with Gasteiger partial charge in [-0.15, -0.1) is 0 Å². The Bertz CT molecular complexity index is 535. The SMILES string of the molecule is O=S(=O)(NC1CCN(Cc2cccnc2)CC1)C1CC1. The summed E-state index contributed by atoms with van der Waals surface area (Å²) in [7, 11) is -3.04. The van der Waals surface area contributed by atoms with Crippen LogP contribution in [0.3, 0.4) is 0 Å². The predicted octanol–water partition coefficient (Wildman–Crippen LogP) is 1.13. The van der Waals surface area contributed by atoms with Gasteiger partial charge in [0.05, 0.1) is 5.25 Å². The van der Waals surface area contributed by atoms with Gasteiger partial charge < -0.3 is 0 Å². The van der Waals surface area contributed by atoms with Gasteiger partial charge in [-0.2, -0.15) is 0 Å². The second-order valence-corrected chi connectivity index (χ2v) is 7.77. The van der Waals surface area contributed by atoms with Gasteiger partial charge in [-0.25, -0.2) is 13.1 Å². The highest BCUT2D eigenvalue weighted by molar-refractivity contribution is 7.90. The fourth-order valence-electron chi connectivity index (χ4n) is 2.67. The van der Waals surface area contributed by atoms with Crippen molar-refractivity contribution in [2.24, 2.45) is 0 Å². The van der Waals surface area contributed by atoms with E-state index in [4.69, 9.17) is 0 Å². The number of nitrogens with one attached hydrogen (secondary N) is 1. The van der Waals surface area contributed by atoms with Crippen molar-refractivity contribution >= 4 is 10.0 Å². The summed E-state index contributed by atoms with van der Waals surface area (Å²) in [4.78, 5) is 6.48. The minimum absolute atomic E-state index is 0.115. The second-order valence-electron chi connectivity index (χ2n) is 5.77. The Morgan fingerprint density at radius 1 is 1.25 bits per heavy atom. The van der Waals surface area contributed by atoms with E-state index in [1.54, 1.807) is 6.20 Å². The molecule has 0 unspecified atom stereocenters. The van der Waals surface area contributed by atoms with E-state index in [0.717, 1.165) is 45.3 Å². The smallest absolute Gasteiger partial charge is 0.214 e. The summed E-state index contributed by atoms with van der Waals surface area (Å²) in [6.07, 6.45) is 7.12. The van der Waals surface area contributed by atoms with E-state index < -0.39 is 10.0 Å². The molecule has 0 atom stereocenters. The van der Waals surface area contributed by atoms with E-state index in [1.807, 2.05) is 12.3 Å². The Balaban J connectivity index is 1.47. The van der Waals surface area contributed by atoms with Crippen molar-refractivity contribution in [1.29, 1.82) is 0 Å². The summed E-state index contributed by atoms with van der Waals surface area (Å²) in [5.74, 6) is 0. The first kappa shape index (κ1) is 14.0. The van der Waals surface area contributed by atoms with Crippen LogP contribution in [0.1, 0.15) is 31.2 Å². The molecule has 20 heavy (non-hydrogen) atoms. The van der Waals surface area contributed by atoms with E-state index in [2.05, 4.69) is 20.7 Å². The third-order valence-corrected chi connectivity index (χ3v) is 6.02. The van der Waals surface area contributed by atoms with Crippen LogP contribution < -0.4 is 4.72 Å². The predicted molar refractivity (Wildman–Crippen MR) is 77.6 cm³/mol. The van der Waals surface area contributed by atoms with Crippen LogP contribution in [0.4, 0.5) is 0 Å². The molecule has 1 saturated heterocycles. The summed E-state index contributed by atoms with van der Waals surface area (Å²) >= 11 is 0. The summed E-state index contributed by atoms with van der Waals surface area (Å²) in [6, 6.07) is 4.14. The van der Waals surface area contributed by atoms with Crippen molar-refractivity contribution in [3.8, 4) is 0 Å². The Hall–Kier alpha value is -0.980. The maximum Gasteiger partial charge on any atom is 0.214 e. The number of hydrogen-bond acceptors (Lipinski definition) is 4. The van der Waals surface area contributed by atoms with E-state index in [0.29, 0.717) is 0 Å². The molecule has 1 N–H and O–H groups in total. The number of piperidine rings is 1. The van der Waals surface area contributed by atoms with Crippen LogP contribution >= 0.6 is 0 Å². The highest BCUT2D eigenvalue weighted by Crippen LogP contribution is 2.28. The van der Waals surface area contributed by atoms with Gasteiger partial charge in [-0.3, -0.25) is 9.88 Å². The topological polar surface area (TPSA) is 62.3 Å². The van der Waals surface area contributed by atoms with Crippen molar-refractivity contribution in [3.63, 3.8) is 0 Å². The van der Waals surface area contributed by atoms with Crippen LogP contribution in [0, 0.1) is 0 Å². The lowest BCUT2D eigenvalue weighted by Crippen LogP contribution is -2.45. The van der Waals surface area contributed by atoms with Crippen molar-refractivity contribution < 1.29 is 8.42 Å². The molecule has 0 spiro atoms. The lowest BCUT2D eigenvalue weighted by molar-refractivity contribution is 0.199. The standard InChI is InChI=1S/C14H21N3O2S/c18-20(19,14-3-4-14)16-13-5-8-17(9-6-13)11-12-2-1-7-15-10-12/h1-2,7,10,13-14,16H,3-6,8-9,11H2. The Kier molecular flexibility index (Phi) is 4.05. The average molecular weight is 295 g/mol. The van der Waals surface area contributed by atoms with Gasteiger partial charge in [0.15, 0.2) is 0 Å². The van der Waals surface area contributed by atoms with Crippen LogP contribution in [0.15, 0.2) is 24.5 Å². The highest BCUT2D eigenvalue weighted by atomic mass is 32.2. The molecule has 110 valence electrons. The zero-order valence-electron chi connectivity index (χ0n) is 11.5. The first-order valence-corrected chi connectivity index (χ1v) is 8.80. The van der Waals surface area contributed by atoms with Crippen LogP contribution in [-0.4, -0.2) is 42.7 Å². The second kappa shape index (κ2) is 5.79. The highest BCUT2D eigenvalue weighted by Gasteiger charge is 2.37. The van der Waals surface area contributed by atoms with Gasteiger partial charge in [-0.05, 0) is 37.3 Å². The number of sulfonamides is 1. The lowest BCUT2D eigenvalue weighted by atomic mass is 10.1. The molecule has 1 aromatic rings. The van der Waals surface area contributed by atoms with Crippen molar-refractivity contribution in [1.82, 2.24) is 14.6 Å². The fraction of sp³-hybridized carbons (Fsp3) is 0.643. The van der Waals surface area contributed by atoms with Gasteiger partial charge in [0.25, 0.3) is 0 Å². The van der Waals surface area contributed by atoms with E-state index >= 15 is 0 Å². The average Bonchev–Trinajstić information content (AvgIpc) is 3.27. The molecule has 1 aliphatic carbocycles. The summed E-state index contributed by atoms with van der Waals surface area (Å²) in [5.41, 5.74) is 1.21. The molecule has 2 aliphatic rings. The molecule has 0 radical (unpaired) electrons. The Labute approximate surface area is 120 Å². The molecule has 6 heteroatoms. The van der Waals surface area contributed by atoms with Crippen LogP contribution in [0.25, 0.3) is 0 Å². The largest absolute Gasteiger partial charge is 0.299 e. The monoisotopic (exact) mass is 295 g/mol. The normalized spacial score (nSPS) is 22.0. The number of aromatic nitrogens is 1. The first-order chi connectivity index (χ1) is 9.63. The number of rotatable bonds is 5. The third kappa shape index (κ3) is 3.56. The zero-order valence-corrected chi connectivity index (χ0v) is 12.3. The lowest BCUT2D eigenvalue weighted by Gasteiger charge is -2.32. The quantitative estimate of drug-likeness (QED) is 0.884. The van der Waals surface area contributed by atoms with E-state index in [-0.39, 0.29) is 11.3 Å². The third-order valence-electron chi connectivity index (χ3n) is 4.01. The van der Waals surface area contributed by atoms with Gasteiger partial charge in [0.2, 0.25) is 10.0 Å². The maximum absolute atomic E-state index is 11.9. The fourth-order valence-corrected chi connectivity index (χ4v) is 4.32. The molecular formula is C14H21N3O2S. The van der Waals surface area contributed by atoms with Gasteiger partial charge in [0, 0.05) is 38.1 Å². The molecule has 1 aromatic heterocycles. The molecule has 0 aromatic carbocycles. The van der Waals surface area contributed by atoms with E-state index in [9.17, 15) is 8.42 Å². The van der Waals surface area contributed by atoms with E-state index in [1.165, 1.54) is 5.56 Å². The minimum Gasteiger partial charge on any atom is -0.299 e. The van der Waals surface area contributed by atoms with Crippen LogP contribution in [-0.2, 0) is 16.6 Å².